The second-order valence-corrected chi connectivity index (χ2v) is 5.33. The summed E-state index contributed by atoms with van der Waals surface area (Å²) in [6.07, 6.45) is 3.23. The van der Waals surface area contributed by atoms with Crippen LogP contribution in [0.5, 0.6) is 0 Å². The molecule has 1 aliphatic rings. The molecule has 6 nitrogen and oxygen atoms in total. The van der Waals surface area contributed by atoms with Crippen LogP contribution in [0.15, 0.2) is 0 Å². The second kappa shape index (κ2) is 6.10. The Morgan fingerprint density at radius 1 is 1.28 bits per heavy atom. The van der Waals surface area contributed by atoms with E-state index < -0.39 is 11.8 Å². The molecule has 0 aliphatic heterocycles. The molecule has 102 valence electrons. The average Bonchev–Trinajstić information content (AvgIpc) is 2.23. The van der Waals surface area contributed by atoms with Crippen LogP contribution >= 0.6 is 12.2 Å². The van der Waals surface area contributed by atoms with Crippen molar-refractivity contribution in [3.8, 4) is 0 Å². The van der Waals surface area contributed by atoms with Crippen molar-refractivity contribution in [2.75, 3.05) is 27.2 Å². The largest absolute Gasteiger partial charge is 0.392 e. The zero-order valence-electron chi connectivity index (χ0n) is 10.8. The van der Waals surface area contributed by atoms with Gasteiger partial charge in [0.25, 0.3) is 0 Å². The maximum absolute atomic E-state index is 11.5. The van der Waals surface area contributed by atoms with E-state index in [1.165, 1.54) is 0 Å². The van der Waals surface area contributed by atoms with Gasteiger partial charge in [-0.15, -0.1) is 0 Å². The molecule has 0 heterocycles. The van der Waals surface area contributed by atoms with Crippen LogP contribution in [0.3, 0.4) is 0 Å². The number of nitrogens with two attached hydrogens (primary N) is 1. The van der Waals surface area contributed by atoms with Crippen molar-refractivity contribution in [2.24, 2.45) is 5.73 Å². The van der Waals surface area contributed by atoms with Gasteiger partial charge < -0.3 is 21.3 Å². The summed E-state index contributed by atoms with van der Waals surface area (Å²) < 4.78 is 0. The summed E-state index contributed by atoms with van der Waals surface area (Å²) in [5.41, 5.74) is 5.23. The number of rotatable bonds is 5. The lowest BCUT2D eigenvalue weighted by atomic mass is 9.75. The van der Waals surface area contributed by atoms with Crippen LogP contribution < -0.4 is 16.4 Å². The van der Waals surface area contributed by atoms with Gasteiger partial charge in [0.2, 0.25) is 0 Å². The van der Waals surface area contributed by atoms with Crippen LogP contribution in [-0.4, -0.2) is 54.4 Å². The number of carbonyl (C=O) groups is 2. The SMILES string of the molecule is CN(C)C1(CNC(=O)C(=O)NCC(N)=S)CCC1. The van der Waals surface area contributed by atoms with E-state index in [9.17, 15) is 9.59 Å². The lowest BCUT2D eigenvalue weighted by Gasteiger charge is -2.47. The van der Waals surface area contributed by atoms with Crippen molar-refractivity contribution in [3.63, 3.8) is 0 Å². The molecule has 2 amide bonds. The summed E-state index contributed by atoms with van der Waals surface area (Å²) >= 11 is 4.61. The normalized spacial score (nSPS) is 16.8. The topological polar surface area (TPSA) is 87.5 Å². The first-order valence-electron chi connectivity index (χ1n) is 5.89. The molecule has 1 aliphatic carbocycles. The van der Waals surface area contributed by atoms with Crippen LogP contribution in [0.25, 0.3) is 0 Å². The molecule has 1 saturated carbocycles. The molecule has 1 fully saturated rings. The first-order chi connectivity index (χ1) is 8.37. The van der Waals surface area contributed by atoms with Gasteiger partial charge in [-0.2, -0.15) is 0 Å². The number of hydrogen-bond acceptors (Lipinski definition) is 4. The van der Waals surface area contributed by atoms with Crippen molar-refractivity contribution in [1.82, 2.24) is 15.5 Å². The number of thiocarbonyl (C=S) groups is 1. The van der Waals surface area contributed by atoms with Crippen molar-refractivity contribution < 1.29 is 9.59 Å². The summed E-state index contributed by atoms with van der Waals surface area (Å²) in [6.45, 7) is 0.528. The number of nitrogens with one attached hydrogen (secondary N) is 2. The molecule has 7 heteroatoms. The predicted octanol–water partition coefficient (Wildman–Crippen LogP) is -1.01. The van der Waals surface area contributed by atoms with E-state index in [4.69, 9.17) is 5.73 Å². The molecule has 0 aromatic rings. The second-order valence-electron chi connectivity index (χ2n) is 4.80. The Balaban J connectivity index is 2.36. The van der Waals surface area contributed by atoms with E-state index in [1.807, 2.05) is 14.1 Å². The molecule has 4 N–H and O–H groups in total. The molecule has 1 rings (SSSR count). The van der Waals surface area contributed by atoms with Crippen LogP contribution in [0.4, 0.5) is 0 Å². The molecular formula is C11H20N4O2S. The number of likely N-dealkylation sites (N-methyl/N-ethyl adjacent to an activating group) is 1. The van der Waals surface area contributed by atoms with E-state index in [0.717, 1.165) is 19.3 Å². The molecule has 0 bridgehead atoms. The van der Waals surface area contributed by atoms with E-state index in [2.05, 4.69) is 27.8 Å². The van der Waals surface area contributed by atoms with Crippen LogP contribution in [0.2, 0.25) is 0 Å². The van der Waals surface area contributed by atoms with Gasteiger partial charge in [-0.3, -0.25) is 9.59 Å². The van der Waals surface area contributed by atoms with Gasteiger partial charge in [0, 0.05) is 12.1 Å². The lowest BCUT2D eigenvalue weighted by molar-refractivity contribution is -0.139. The highest BCUT2D eigenvalue weighted by Gasteiger charge is 2.39. The van der Waals surface area contributed by atoms with Crippen molar-refractivity contribution in [1.29, 1.82) is 0 Å². The summed E-state index contributed by atoms with van der Waals surface area (Å²) in [6, 6.07) is 0. The Morgan fingerprint density at radius 2 is 1.83 bits per heavy atom. The highest BCUT2D eigenvalue weighted by atomic mass is 32.1. The van der Waals surface area contributed by atoms with Gasteiger partial charge in [0.15, 0.2) is 0 Å². The summed E-state index contributed by atoms with van der Waals surface area (Å²) in [5.74, 6) is -1.34. The summed E-state index contributed by atoms with van der Waals surface area (Å²) in [7, 11) is 3.97. The number of nitrogens with zero attached hydrogens (tertiary/aromatic N) is 1. The molecular weight excluding hydrogens is 252 g/mol. The number of carbonyl (C=O) groups excluding carboxylic acids is 2. The zero-order chi connectivity index (χ0) is 13.8. The van der Waals surface area contributed by atoms with Gasteiger partial charge in [0.1, 0.15) is 0 Å². The molecule has 0 aromatic heterocycles. The number of hydrogen-bond donors (Lipinski definition) is 3. The van der Waals surface area contributed by atoms with Gasteiger partial charge >= 0.3 is 11.8 Å². The van der Waals surface area contributed by atoms with Gasteiger partial charge in [-0.25, -0.2) is 0 Å². The predicted molar refractivity (Wildman–Crippen MR) is 73.1 cm³/mol. The third-order valence-electron chi connectivity index (χ3n) is 3.44. The van der Waals surface area contributed by atoms with E-state index in [0.29, 0.717) is 6.54 Å². The van der Waals surface area contributed by atoms with Crippen molar-refractivity contribution in [2.45, 2.75) is 24.8 Å². The highest BCUT2D eigenvalue weighted by molar-refractivity contribution is 7.80. The highest BCUT2D eigenvalue weighted by Crippen LogP contribution is 2.35. The Kier molecular flexibility index (Phi) is 5.03. The molecule has 0 radical (unpaired) electrons. The van der Waals surface area contributed by atoms with Gasteiger partial charge in [-0.1, -0.05) is 12.2 Å². The summed E-state index contributed by atoms with van der Waals surface area (Å²) in [5, 5.41) is 5.01. The fourth-order valence-corrected chi connectivity index (χ4v) is 2.01. The maximum Gasteiger partial charge on any atom is 0.309 e. The molecule has 0 spiro atoms. The smallest absolute Gasteiger partial charge is 0.309 e. The van der Waals surface area contributed by atoms with E-state index in [1.54, 1.807) is 0 Å². The maximum atomic E-state index is 11.5. The van der Waals surface area contributed by atoms with Crippen LogP contribution in [0.1, 0.15) is 19.3 Å². The van der Waals surface area contributed by atoms with E-state index >= 15 is 0 Å². The van der Waals surface area contributed by atoms with Crippen LogP contribution in [0, 0.1) is 0 Å². The monoisotopic (exact) mass is 272 g/mol. The van der Waals surface area contributed by atoms with E-state index in [-0.39, 0.29) is 17.1 Å². The zero-order valence-corrected chi connectivity index (χ0v) is 11.6. The first-order valence-corrected chi connectivity index (χ1v) is 6.30. The van der Waals surface area contributed by atoms with Gasteiger partial charge in [0.05, 0.1) is 11.5 Å². The van der Waals surface area contributed by atoms with Crippen molar-refractivity contribution in [3.05, 3.63) is 0 Å². The molecule has 0 saturated heterocycles. The molecule has 0 atom stereocenters. The van der Waals surface area contributed by atoms with Crippen LogP contribution in [-0.2, 0) is 9.59 Å². The minimum absolute atomic E-state index is 0.000885. The average molecular weight is 272 g/mol. The quantitative estimate of drug-likeness (QED) is 0.441. The third kappa shape index (κ3) is 3.64. The lowest BCUT2D eigenvalue weighted by Crippen LogP contribution is -2.58. The standard InChI is InChI=1S/C11H20N4O2S/c1-15(2)11(4-3-5-11)7-14-10(17)9(16)13-6-8(12)18/h3-7H2,1-2H3,(H2,12,18)(H,13,16)(H,14,17). The fraction of sp³-hybridized carbons (Fsp3) is 0.727. The Hall–Kier alpha value is -1.21. The minimum atomic E-state index is -0.698. The number of amides is 2. The third-order valence-corrected chi connectivity index (χ3v) is 3.58. The Morgan fingerprint density at radius 3 is 2.22 bits per heavy atom. The fourth-order valence-electron chi connectivity index (χ4n) is 1.94. The Bertz CT molecular complexity index is 353. The first kappa shape index (κ1) is 14.8. The summed E-state index contributed by atoms with van der Waals surface area (Å²) in [4.78, 5) is 25.2. The Labute approximate surface area is 112 Å². The molecule has 18 heavy (non-hydrogen) atoms. The molecule has 0 unspecified atom stereocenters. The molecule has 0 aromatic carbocycles. The van der Waals surface area contributed by atoms with Gasteiger partial charge in [-0.05, 0) is 33.4 Å². The van der Waals surface area contributed by atoms with Crippen molar-refractivity contribution >= 4 is 29.0 Å². The minimum Gasteiger partial charge on any atom is -0.392 e.